The Hall–Kier alpha value is -2.20. The third kappa shape index (κ3) is 10.5. The van der Waals surface area contributed by atoms with Crippen molar-refractivity contribution in [3.63, 3.8) is 0 Å². The molecule has 10 aliphatic rings. The van der Waals surface area contributed by atoms with Gasteiger partial charge in [0.2, 0.25) is 6.29 Å². The molecule has 0 spiro atoms. The van der Waals surface area contributed by atoms with E-state index in [4.69, 9.17) is 47.4 Å². The molecule has 480 valence electrons. The van der Waals surface area contributed by atoms with Gasteiger partial charge in [-0.25, -0.2) is 4.79 Å². The van der Waals surface area contributed by atoms with E-state index >= 15 is 4.79 Å². The van der Waals surface area contributed by atoms with Crippen LogP contribution in [0.3, 0.4) is 0 Å². The summed E-state index contributed by atoms with van der Waals surface area (Å²) in [5.74, 6) is -2.65. The number of fused-ring (bicyclic) bond motifs is 7. The van der Waals surface area contributed by atoms with Crippen LogP contribution in [-0.2, 0) is 57.0 Å². The maximum absolute atomic E-state index is 15.4. The number of hydrogen-bond donors (Lipinski definition) is 14. The number of allylic oxidation sites excluding steroid dienone is 2. The first-order valence-corrected chi connectivity index (χ1v) is 30.0. The molecule has 4 saturated carbocycles. The number of aliphatic carboxylic acids is 1. The minimum atomic E-state index is -1.96. The number of aliphatic hydroxyl groups is 13. The van der Waals surface area contributed by atoms with Crippen molar-refractivity contribution in [2.45, 2.75) is 274 Å². The zero-order chi connectivity index (χ0) is 61.5. The summed E-state index contributed by atoms with van der Waals surface area (Å²) in [5.41, 5.74) is -2.54. The lowest BCUT2D eigenvalue weighted by molar-refractivity contribution is -0.377. The molecule has 32 atom stereocenters. The molecule has 26 heteroatoms. The molecule has 0 aromatic rings. The lowest BCUT2D eigenvalue weighted by atomic mass is 9.33. The number of aliphatic hydroxyl groups excluding tert-OH is 13. The third-order valence-corrected chi connectivity index (χ3v) is 22.7. The number of carbonyl (C=O) groups excluding carboxylic acids is 1. The van der Waals surface area contributed by atoms with Crippen molar-refractivity contribution in [2.75, 3.05) is 13.2 Å². The van der Waals surface area contributed by atoms with Crippen LogP contribution >= 0.6 is 0 Å². The number of rotatable bonds is 11. The van der Waals surface area contributed by atoms with E-state index in [1.54, 1.807) is 0 Å². The van der Waals surface area contributed by atoms with Crippen LogP contribution in [0.4, 0.5) is 0 Å². The second kappa shape index (κ2) is 23.2. The van der Waals surface area contributed by atoms with Gasteiger partial charge in [0.15, 0.2) is 37.4 Å². The maximum atomic E-state index is 15.4. The molecule has 10 rings (SSSR count). The fourth-order valence-electron chi connectivity index (χ4n) is 17.4. The number of carbonyl (C=O) groups is 2. The van der Waals surface area contributed by atoms with Gasteiger partial charge in [-0.05, 0) is 116 Å². The molecule has 0 amide bonds. The van der Waals surface area contributed by atoms with Crippen LogP contribution in [0.5, 0.6) is 0 Å². The Balaban J connectivity index is 0.843. The van der Waals surface area contributed by atoms with E-state index in [-0.39, 0.29) is 35.5 Å². The molecule has 5 aliphatic heterocycles. The van der Waals surface area contributed by atoms with Gasteiger partial charge in [-0.3, -0.25) is 4.79 Å². The average molecular weight is 1210 g/mol. The summed E-state index contributed by atoms with van der Waals surface area (Å²) >= 11 is 0. The van der Waals surface area contributed by atoms with E-state index in [0.29, 0.717) is 32.1 Å². The number of ether oxygens (including phenoxy) is 10. The molecule has 14 N–H and O–H groups in total. The molecule has 5 heterocycles. The monoisotopic (exact) mass is 1200 g/mol. The Morgan fingerprint density at radius 3 is 1.79 bits per heavy atom. The molecule has 84 heavy (non-hydrogen) atoms. The average Bonchev–Trinajstić information content (AvgIpc) is 0.702. The van der Waals surface area contributed by atoms with E-state index in [0.717, 1.165) is 18.4 Å². The van der Waals surface area contributed by atoms with Crippen LogP contribution in [0, 0.1) is 50.2 Å². The molecular formula is C58H92O26. The van der Waals surface area contributed by atoms with Gasteiger partial charge in [0.1, 0.15) is 90.9 Å². The smallest absolute Gasteiger partial charge is 0.335 e. The van der Waals surface area contributed by atoms with Gasteiger partial charge >= 0.3 is 11.9 Å². The van der Waals surface area contributed by atoms with Crippen molar-refractivity contribution in [1.29, 1.82) is 0 Å². The predicted molar refractivity (Wildman–Crippen MR) is 283 cm³/mol. The maximum Gasteiger partial charge on any atom is 0.335 e. The third-order valence-electron chi connectivity index (χ3n) is 22.7. The summed E-state index contributed by atoms with van der Waals surface area (Å²) in [6.45, 7) is 17.2. The van der Waals surface area contributed by atoms with E-state index in [9.17, 15) is 76.3 Å². The van der Waals surface area contributed by atoms with Crippen LogP contribution in [0.1, 0.15) is 120 Å². The minimum Gasteiger partial charge on any atom is -0.479 e. The highest BCUT2D eigenvalue weighted by Gasteiger charge is 2.72. The van der Waals surface area contributed by atoms with Crippen LogP contribution in [0.15, 0.2) is 11.6 Å². The van der Waals surface area contributed by atoms with E-state index in [1.165, 1.54) is 13.8 Å². The van der Waals surface area contributed by atoms with Crippen molar-refractivity contribution in [2.24, 2.45) is 50.2 Å². The largest absolute Gasteiger partial charge is 0.479 e. The Bertz CT molecular complexity index is 2410. The summed E-state index contributed by atoms with van der Waals surface area (Å²) in [7, 11) is 0. The fourth-order valence-corrected chi connectivity index (χ4v) is 17.4. The molecule has 0 aromatic carbocycles. The molecule has 0 aromatic heterocycles. The number of carboxylic acid groups (broad SMARTS) is 1. The lowest BCUT2D eigenvalue weighted by Gasteiger charge is -2.71. The molecule has 0 bridgehead atoms. The van der Waals surface area contributed by atoms with Crippen molar-refractivity contribution in [3.8, 4) is 0 Å². The van der Waals surface area contributed by atoms with E-state index in [1.807, 2.05) is 0 Å². The zero-order valence-corrected chi connectivity index (χ0v) is 49.2. The Morgan fingerprint density at radius 1 is 0.536 bits per heavy atom. The quantitative estimate of drug-likeness (QED) is 0.0616. The van der Waals surface area contributed by atoms with Crippen molar-refractivity contribution >= 4 is 11.9 Å². The molecule has 9 fully saturated rings. The topological polar surface area (TPSA) is 410 Å². The molecule has 5 aliphatic carbocycles. The fraction of sp³-hybridized carbons (Fsp3) is 0.931. The highest BCUT2D eigenvalue weighted by atomic mass is 16.8. The zero-order valence-electron chi connectivity index (χ0n) is 49.2. The molecule has 26 nitrogen and oxygen atoms in total. The molecule has 32 unspecified atom stereocenters. The van der Waals surface area contributed by atoms with Crippen LogP contribution in [-0.4, -0.2) is 250 Å². The first-order chi connectivity index (χ1) is 39.1. The Labute approximate surface area is 487 Å². The van der Waals surface area contributed by atoms with Crippen molar-refractivity contribution < 1.29 is 128 Å². The van der Waals surface area contributed by atoms with Crippen molar-refractivity contribution in [3.05, 3.63) is 11.6 Å². The van der Waals surface area contributed by atoms with E-state index < -0.39 is 206 Å². The standard InChI is InChI=1S/C58H92O26/c1-22-32(62)34(64)38(68)48(77-22)81-43-27(60)21-75-47(41(43)71)80-42-23(2)78-49(40(70)37(42)67)83-45-33(63)26(59)20-76-51(45)84-52(74)58-17-16-53(3,4)18-25(58)24-10-11-29-55(7)14-13-31(79-50-39(69)35(65)36(66)44(82-50)46(72)73)54(5,6)28(55)12-15-56(29,8)57(24,9)19-30(58)61/h10,22-23,25-45,47-51,59-71H,11-21H2,1-9H3,(H,72,73). The van der Waals surface area contributed by atoms with Gasteiger partial charge in [-0.15, -0.1) is 0 Å². The van der Waals surface area contributed by atoms with Crippen LogP contribution in [0.2, 0.25) is 0 Å². The predicted octanol–water partition coefficient (Wildman–Crippen LogP) is -1.81. The summed E-state index contributed by atoms with van der Waals surface area (Å²) in [4.78, 5) is 27.4. The van der Waals surface area contributed by atoms with Gasteiger partial charge < -0.3 is 119 Å². The van der Waals surface area contributed by atoms with Gasteiger partial charge in [-0.1, -0.05) is 60.1 Å². The normalized spacial score (nSPS) is 54.6. The summed E-state index contributed by atoms with van der Waals surface area (Å²) < 4.78 is 59.0. The SMILES string of the molecule is CC1OC(OC2C(O)COC(OC3C(C)OC(OC4C(OC(=O)C56CCC(C)(C)CC5C5=CCC7C8(C)CCC(OC9OC(C(=O)O)C(O)C(O)C9O)C(C)(C)C8CCC7(C)C5(C)CC6O)OCC(O)C4O)C(O)C3O)C2O)C(O)C(O)C1O. The number of esters is 1. The summed E-state index contributed by atoms with van der Waals surface area (Å²) in [6, 6.07) is 0. The first kappa shape index (κ1) is 64.8. The van der Waals surface area contributed by atoms with E-state index in [2.05, 4.69) is 54.5 Å². The molecule has 5 saturated heterocycles. The Morgan fingerprint density at radius 2 is 1.12 bits per heavy atom. The van der Waals surface area contributed by atoms with Gasteiger partial charge in [0.05, 0.1) is 37.6 Å². The second-order valence-corrected chi connectivity index (χ2v) is 28.3. The van der Waals surface area contributed by atoms with Crippen molar-refractivity contribution in [1.82, 2.24) is 0 Å². The second-order valence-electron chi connectivity index (χ2n) is 28.3. The highest BCUT2D eigenvalue weighted by Crippen LogP contribution is 2.76. The number of carboxylic acids is 1. The van der Waals surface area contributed by atoms with Gasteiger partial charge in [0.25, 0.3) is 0 Å². The molecular weight excluding hydrogens is 1110 g/mol. The Kier molecular flexibility index (Phi) is 17.9. The summed E-state index contributed by atoms with van der Waals surface area (Å²) in [6.07, 6.45) is -32.3. The van der Waals surface area contributed by atoms with Crippen LogP contribution in [0.25, 0.3) is 0 Å². The first-order valence-electron chi connectivity index (χ1n) is 30.0. The highest BCUT2D eigenvalue weighted by molar-refractivity contribution is 5.80. The van der Waals surface area contributed by atoms with Gasteiger partial charge in [-0.2, -0.15) is 0 Å². The number of hydrogen-bond acceptors (Lipinski definition) is 25. The van der Waals surface area contributed by atoms with Gasteiger partial charge in [0, 0.05) is 0 Å². The molecule has 0 radical (unpaired) electrons. The minimum absolute atomic E-state index is 0.0676. The van der Waals surface area contributed by atoms with Crippen LogP contribution < -0.4 is 0 Å². The summed E-state index contributed by atoms with van der Waals surface area (Å²) in [5, 5.41) is 153. The lowest BCUT2D eigenvalue weighted by Crippen LogP contribution is -2.68.